The molecule has 6 rings (SSSR count). The Balaban J connectivity index is 1.51. The summed E-state index contributed by atoms with van der Waals surface area (Å²) in [4.78, 5) is 27.0. The third kappa shape index (κ3) is 3.15. The highest BCUT2D eigenvalue weighted by Crippen LogP contribution is 2.45. The number of hydrogen-bond donors (Lipinski definition) is 1. The van der Waals surface area contributed by atoms with Gasteiger partial charge in [0.05, 0.1) is 29.1 Å². The molecular weight excluding hydrogens is 406 g/mol. The summed E-state index contributed by atoms with van der Waals surface area (Å²) >= 11 is 0. The maximum atomic E-state index is 13.3. The van der Waals surface area contributed by atoms with E-state index in [2.05, 4.69) is 20.4 Å². The number of nitrogens with one attached hydrogen (secondary N) is 1. The Hall–Kier alpha value is -3.33. The van der Waals surface area contributed by atoms with Crippen LogP contribution in [0.2, 0.25) is 0 Å². The Morgan fingerprint density at radius 1 is 1.09 bits per heavy atom. The molecule has 0 bridgehead atoms. The first-order valence-electron chi connectivity index (χ1n) is 11.1. The van der Waals surface area contributed by atoms with Crippen molar-refractivity contribution in [2.24, 2.45) is 7.05 Å². The minimum absolute atomic E-state index is 0.0956. The Labute approximate surface area is 184 Å². The number of anilines is 2. The zero-order valence-corrected chi connectivity index (χ0v) is 18.2. The molecule has 0 amide bonds. The van der Waals surface area contributed by atoms with Gasteiger partial charge >= 0.3 is 0 Å². The van der Waals surface area contributed by atoms with Crippen molar-refractivity contribution in [2.75, 3.05) is 18.5 Å². The van der Waals surface area contributed by atoms with E-state index in [-0.39, 0.29) is 11.5 Å². The van der Waals surface area contributed by atoms with Crippen LogP contribution in [0.4, 0.5) is 11.6 Å². The van der Waals surface area contributed by atoms with Gasteiger partial charge in [0.1, 0.15) is 6.33 Å². The molecule has 0 unspecified atom stereocenters. The second kappa shape index (κ2) is 7.37. The quantitative estimate of drug-likeness (QED) is 0.530. The highest BCUT2D eigenvalue weighted by molar-refractivity contribution is 5.81. The Morgan fingerprint density at radius 3 is 2.66 bits per heavy atom. The molecule has 2 fully saturated rings. The largest absolute Gasteiger partial charge is 0.381 e. The van der Waals surface area contributed by atoms with Crippen molar-refractivity contribution < 1.29 is 4.74 Å². The molecule has 5 heterocycles. The Kier molecular flexibility index (Phi) is 4.46. The van der Waals surface area contributed by atoms with E-state index in [1.165, 1.54) is 6.33 Å². The van der Waals surface area contributed by atoms with E-state index in [1.807, 2.05) is 26.2 Å². The van der Waals surface area contributed by atoms with Crippen LogP contribution in [0.1, 0.15) is 54.2 Å². The maximum Gasteiger partial charge on any atom is 0.254 e. The van der Waals surface area contributed by atoms with Gasteiger partial charge in [-0.05, 0) is 61.6 Å². The lowest BCUT2D eigenvalue weighted by Crippen LogP contribution is -2.27. The van der Waals surface area contributed by atoms with Crippen molar-refractivity contribution >= 4 is 28.3 Å². The van der Waals surface area contributed by atoms with Gasteiger partial charge < -0.3 is 14.6 Å². The third-order valence-corrected chi connectivity index (χ3v) is 6.70. The zero-order valence-electron chi connectivity index (χ0n) is 18.2. The van der Waals surface area contributed by atoms with Crippen LogP contribution in [-0.4, -0.2) is 42.3 Å². The van der Waals surface area contributed by atoms with Crippen LogP contribution in [0.25, 0.3) is 16.7 Å². The van der Waals surface area contributed by atoms with Gasteiger partial charge in [0.25, 0.3) is 5.56 Å². The molecule has 4 aromatic heterocycles. The predicted octanol–water partition coefficient (Wildman–Crippen LogP) is 3.19. The van der Waals surface area contributed by atoms with Gasteiger partial charge in [-0.15, -0.1) is 0 Å². The normalized spacial score (nSPS) is 17.3. The van der Waals surface area contributed by atoms with Gasteiger partial charge in [-0.2, -0.15) is 5.10 Å². The van der Waals surface area contributed by atoms with E-state index in [0.717, 1.165) is 78.0 Å². The lowest BCUT2D eigenvalue weighted by atomic mass is 9.86. The van der Waals surface area contributed by atoms with Crippen LogP contribution in [0, 0.1) is 6.92 Å². The maximum absolute atomic E-state index is 13.3. The summed E-state index contributed by atoms with van der Waals surface area (Å²) in [5, 5.41) is 7.57. The van der Waals surface area contributed by atoms with Crippen molar-refractivity contribution in [3.05, 3.63) is 51.8 Å². The van der Waals surface area contributed by atoms with Crippen molar-refractivity contribution in [2.45, 2.75) is 44.4 Å². The molecule has 32 heavy (non-hydrogen) atoms. The van der Waals surface area contributed by atoms with Crippen LogP contribution in [0.15, 0.2) is 29.6 Å². The van der Waals surface area contributed by atoms with Gasteiger partial charge in [-0.1, -0.05) is 0 Å². The average molecular weight is 432 g/mol. The summed E-state index contributed by atoms with van der Waals surface area (Å²) in [6, 6.07) is 1.97. The molecule has 9 nitrogen and oxygen atoms in total. The summed E-state index contributed by atoms with van der Waals surface area (Å²) < 4.78 is 9.04. The third-order valence-electron chi connectivity index (χ3n) is 6.70. The van der Waals surface area contributed by atoms with E-state index in [1.54, 1.807) is 15.3 Å². The number of rotatable bonds is 4. The minimum atomic E-state index is 0.0956. The monoisotopic (exact) mass is 431 g/mol. The minimum Gasteiger partial charge on any atom is -0.381 e. The SMILES string of the molecule is Cc1cc2ncnn2cc1Nc1ncc2c(n1)c(C1CCOCC1)c(C1CC1)c(=O)n2C. The van der Waals surface area contributed by atoms with Crippen molar-refractivity contribution in [3.8, 4) is 0 Å². The molecule has 0 aromatic carbocycles. The van der Waals surface area contributed by atoms with E-state index in [4.69, 9.17) is 9.72 Å². The van der Waals surface area contributed by atoms with Crippen LogP contribution in [-0.2, 0) is 11.8 Å². The molecule has 0 radical (unpaired) electrons. The molecule has 1 saturated heterocycles. The Morgan fingerprint density at radius 2 is 1.88 bits per heavy atom. The Bertz CT molecular complexity index is 1400. The molecular formula is C23H25N7O2. The molecule has 1 N–H and O–H groups in total. The number of ether oxygens (including phenoxy) is 1. The molecule has 1 aliphatic heterocycles. The summed E-state index contributed by atoms with van der Waals surface area (Å²) in [7, 11) is 1.82. The van der Waals surface area contributed by atoms with Crippen LogP contribution in [0.3, 0.4) is 0 Å². The number of hydrogen-bond acceptors (Lipinski definition) is 7. The second-order valence-electron chi connectivity index (χ2n) is 8.84. The first kappa shape index (κ1) is 19.4. The zero-order chi connectivity index (χ0) is 21.8. The van der Waals surface area contributed by atoms with Crippen LogP contribution >= 0.6 is 0 Å². The number of fused-ring (bicyclic) bond motifs is 2. The molecule has 0 spiro atoms. The van der Waals surface area contributed by atoms with Gasteiger partial charge in [0.15, 0.2) is 5.65 Å². The molecule has 1 saturated carbocycles. The van der Waals surface area contributed by atoms with Gasteiger partial charge in [-0.25, -0.2) is 19.5 Å². The molecule has 2 aliphatic rings. The number of pyridine rings is 2. The topological polar surface area (TPSA) is 99.2 Å². The van der Waals surface area contributed by atoms with Crippen LogP contribution < -0.4 is 10.9 Å². The summed E-state index contributed by atoms with van der Waals surface area (Å²) in [5.41, 5.74) is 6.49. The fraction of sp³-hybridized carbons (Fsp3) is 0.435. The molecule has 164 valence electrons. The molecule has 0 atom stereocenters. The molecule has 4 aromatic rings. The van der Waals surface area contributed by atoms with E-state index < -0.39 is 0 Å². The van der Waals surface area contributed by atoms with Crippen molar-refractivity contribution in [3.63, 3.8) is 0 Å². The lowest BCUT2D eigenvalue weighted by molar-refractivity contribution is 0.0853. The van der Waals surface area contributed by atoms with E-state index in [9.17, 15) is 4.79 Å². The fourth-order valence-electron chi connectivity index (χ4n) is 4.79. The first-order chi connectivity index (χ1) is 15.6. The first-order valence-corrected chi connectivity index (χ1v) is 11.1. The summed E-state index contributed by atoms with van der Waals surface area (Å²) in [6.07, 6.45) is 9.16. The fourth-order valence-corrected chi connectivity index (χ4v) is 4.79. The summed E-state index contributed by atoms with van der Waals surface area (Å²) in [6.45, 7) is 3.46. The number of nitrogens with zero attached hydrogens (tertiary/aromatic N) is 6. The lowest BCUT2D eigenvalue weighted by Gasteiger charge is -2.26. The highest BCUT2D eigenvalue weighted by Gasteiger charge is 2.34. The standard InChI is InChI=1S/C23H25N7O2/c1-13-9-18-25-12-26-30(18)11-16(13)27-23-24-10-17-21(28-23)19(15-5-7-32-8-6-15)20(14-3-4-14)22(31)29(17)2/h9-12,14-15H,3-8H2,1-2H3,(H,24,27,28). The van der Waals surface area contributed by atoms with Gasteiger partial charge in [-0.3, -0.25) is 4.79 Å². The summed E-state index contributed by atoms with van der Waals surface area (Å²) in [5.74, 6) is 1.14. The van der Waals surface area contributed by atoms with Gasteiger partial charge in [0.2, 0.25) is 5.95 Å². The number of aromatic nitrogens is 6. The highest BCUT2D eigenvalue weighted by atomic mass is 16.5. The van der Waals surface area contributed by atoms with E-state index in [0.29, 0.717) is 11.9 Å². The van der Waals surface area contributed by atoms with E-state index >= 15 is 0 Å². The predicted molar refractivity (Wildman–Crippen MR) is 121 cm³/mol. The van der Waals surface area contributed by atoms with Crippen LogP contribution in [0.5, 0.6) is 0 Å². The van der Waals surface area contributed by atoms with Crippen molar-refractivity contribution in [1.82, 2.24) is 29.1 Å². The second-order valence-corrected chi connectivity index (χ2v) is 8.84. The smallest absolute Gasteiger partial charge is 0.254 e. The number of aryl methyl sites for hydroxylation is 2. The van der Waals surface area contributed by atoms with Crippen molar-refractivity contribution in [1.29, 1.82) is 0 Å². The van der Waals surface area contributed by atoms with Gasteiger partial charge in [0, 0.05) is 25.8 Å². The average Bonchev–Trinajstić information content (AvgIpc) is 3.55. The molecule has 9 heteroatoms. The molecule has 1 aliphatic carbocycles.